The number of ether oxygens (including phenoxy) is 1. The third-order valence-corrected chi connectivity index (χ3v) is 4.36. The van der Waals surface area contributed by atoms with Gasteiger partial charge in [-0.25, -0.2) is 4.79 Å². The van der Waals surface area contributed by atoms with Crippen LogP contribution in [0.4, 0.5) is 4.79 Å². The van der Waals surface area contributed by atoms with E-state index in [-0.39, 0.29) is 12.0 Å². The Bertz CT molecular complexity index is 422. The van der Waals surface area contributed by atoms with Gasteiger partial charge in [0, 0.05) is 38.8 Å². The molecule has 138 valence electrons. The van der Waals surface area contributed by atoms with Gasteiger partial charge in [-0.15, -0.1) is 0 Å². The molecule has 2 heterocycles. The molecular weight excluding hydrogens is 308 g/mol. The van der Waals surface area contributed by atoms with Crippen molar-refractivity contribution in [2.75, 3.05) is 45.8 Å². The van der Waals surface area contributed by atoms with Gasteiger partial charge in [0.2, 0.25) is 5.91 Å². The second-order valence-corrected chi connectivity index (χ2v) is 7.63. The maximum absolute atomic E-state index is 12.3. The summed E-state index contributed by atoms with van der Waals surface area (Å²) in [5.41, 5.74) is -0.485. The molecule has 0 aromatic carbocycles. The third kappa shape index (κ3) is 6.28. The third-order valence-electron chi connectivity index (χ3n) is 4.36. The smallest absolute Gasteiger partial charge is 0.410 e. The molecule has 0 radical (unpaired) electrons. The van der Waals surface area contributed by atoms with Gasteiger partial charge in [0.25, 0.3) is 0 Å². The fourth-order valence-corrected chi connectivity index (χ4v) is 3.03. The van der Waals surface area contributed by atoms with Gasteiger partial charge < -0.3 is 25.2 Å². The van der Waals surface area contributed by atoms with Crippen LogP contribution in [0.2, 0.25) is 0 Å². The Labute approximate surface area is 145 Å². The van der Waals surface area contributed by atoms with Gasteiger partial charge in [-0.05, 0) is 40.2 Å². The van der Waals surface area contributed by atoms with E-state index in [2.05, 4.69) is 10.6 Å². The zero-order valence-electron chi connectivity index (χ0n) is 15.3. The summed E-state index contributed by atoms with van der Waals surface area (Å²) >= 11 is 0. The molecule has 2 saturated heterocycles. The molecule has 2 aliphatic rings. The SMILES string of the molecule is CC(C)(C)OC(=O)N1CCN(C(=O)CNCC2CCCCN2)CC1. The molecule has 0 bridgehead atoms. The number of hydrogen-bond acceptors (Lipinski definition) is 5. The molecule has 0 aromatic rings. The normalized spacial score (nSPS) is 22.4. The molecule has 0 spiro atoms. The minimum atomic E-state index is -0.485. The number of hydrogen-bond donors (Lipinski definition) is 2. The van der Waals surface area contributed by atoms with Crippen LogP contribution in [0.5, 0.6) is 0 Å². The first-order chi connectivity index (χ1) is 11.3. The summed E-state index contributed by atoms with van der Waals surface area (Å²) < 4.78 is 5.37. The first-order valence-electron chi connectivity index (χ1n) is 9.05. The highest BCUT2D eigenvalue weighted by atomic mass is 16.6. The Kier molecular flexibility index (Phi) is 6.86. The molecule has 7 nitrogen and oxygen atoms in total. The number of carbonyl (C=O) groups excluding carboxylic acids is 2. The quantitative estimate of drug-likeness (QED) is 0.792. The molecule has 2 amide bonds. The van der Waals surface area contributed by atoms with E-state index in [4.69, 9.17) is 4.74 Å². The summed E-state index contributed by atoms with van der Waals surface area (Å²) in [5.74, 6) is 0.106. The number of nitrogens with one attached hydrogen (secondary N) is 2. The minimum absolute atomic E-state index is 0.106. The molecule has 24 heavy (non-hydrogen) atoms. The van der Waals surface area contributed by atoms with E-state index in [1.54, 1.807) is 4.90 Å². The number of piperazine rings is 1. The predicted octanol–water partition coefficient (Wildman–Crippen LogP) is 0.797. The first kappa shape index (κ1) is 19.0. The molecule has 1 atom stereocenters. The molecule has 0 aliphatic carbocycles. The Morgan fingerprint density at radius 2 is 1.79 bits per heavy atom. The van der Waals surface area contributed by atoms with Crippen LogP contribution in [-0.4, -0.2) is 79.3 Å². The maximum atomic E-state index is 12.3. The van der Waals surface area contributed by atoms with E-state index in [9.17, 15) is 9.59 Å². The topological polar surface area (TPSA) is 73.9 Å². The predicted molar refractivity (Wildman–Crippen MR) is 92.9 cm³/mol. The van der Waals surface area contributed by atoms with Crippen LogP contribution in [0.3, 0.4) is 0 Å². The number of piperidine rings is 1. The lowest BCUT2D eigenvalue weighted by Crippen LogP contribution is -2.53. The van der Waals surface area contributed by atoms with E-state index in [0.717, 1.165) is 13.1 Å². The molecule has 7 heteroatoms. The highest BCUT2D eigenvalue weighted by Crippen LogP contribution is 2.12. The van der Waals surface area contributed by atoms with Crippen LogP contribution in [0.1, 0.15) is 40.0 Å². The highest BCUT2D eigenvalue weighted by Gasteiger charge is 2.27. The van der Waals surface area contributed by atoms with E-state index in [0.29, 0.717) is 38.8 Å². The first-order valence-corrected chi connectivity index (χ1v) is 9.05. The lowest BCUT2D eigenvalue weighted by Gasteiger charge is -2.35. The lowest BCUT2D eigenvalue weighted by molar-refractivity contribution is -0.132. The largest absolute Gasteiger partial charge is 0.444 e. The van der Waals surface area contributed by atoms with Gasteiger partial charge in [-0.3, -0.25) is 4.79 Å². The van der Waals surface area contributed by atoms with Crippen LogP contribution in [0.25, 0.3) is 0 Å². The standard InChI is InChI=1S/C17H32N4O3/c1-17(2,3)24-16(23)21-10-8-20(9-11-21)15(22)13-18-12-14-6-4-5-7-19-14/h14,18-19H,4-13H2,1-3H3. The molecule has 2 rings (SSSR count). The Balaban J connectivity index is 1.64. The van der Waals surface area contributed by atoms with Crippen molar-refractivity contribution in [1.29, 1.82) is 0 Å². The van der Waals surface area contributed by atoms with Gasteiger partial charge in [0.05, 0.1) is 6.54 Å². The van der Waals surface area contributed by atoms with Crippen LogP contribution in [-0.2, 0) is 9.53 Å². The summed E-state index contributed by atoms with van der Waals surface area (Å²) in [6.45, 7) is 10.1. The number of rotatable bonds is 4. The molecule has 2 aliphatic heterocycles. The summed E-state index contributed by atoms with van der Waals surface area (Å²) in [4.78, 5) is 27.8. The molecule has 0 saturated carbocycles. The van der Waals surface area contributed by atoms with Crippen molar-refractivity contribution in [2.24, 2.45) is 0 Å². The summed E-state index contributed by atoms with van der Waals surface area (Å²) in [6, 6.07) is 0.482. The zero-order chi connectivity index (χ0) is 17.6. The number of amides is 2. The summed E-state index contributed by atoms with van der Waals surface area (Å²) in [6.07, 6.45) is 3.39. The minimum Gasteiger partial charge on any atom is -0.444 e. The summed E-state index contributed by atoms with van der Waals surface area (Å²) in [7, 11) is 0. The Morgan fingerprint density at radius 1 is 1.12 bits per heavy atom. The van der Waals surface area contributed by atoms with Crippen molar-refractivity contribution in [3.8, 4) is 0 Å². The molecule has 2 fully saturated rings. The van der Waals surface area contributed by atoms with Crippen LogP contribution in [0.15, 0.2) is 0 Å². The zero-order valence-corrected chi connectivity index (χ0v) is 15.3. The van der Waals surface area contributed by atoms with Crippen molar-refractivity contribution in [3.05, 3.63) is 0 Å². The Morgan fingerprint density at radius 3 is 2.38 bits per heavy atom. The molecule has 0 aromatic heterocycles. The number of carbonyl (C=O) groups is 2. The van der Waals surface area contributed by atoms with Gasteiger partial charge >= 0.3 is 6.09 Å². The summed E-state index contributed by atoms with van der Waals surface area (Å²) in [5, 5.41) is 6.72. The number of nitrogens with zero attached hydrogens (tertiary/aromatic N) is 2. The van der Waals surface area contributed by atoms with Crippen LogP contribution >= 0.6 is 0 Å². The average Bonchev–Trinajstić information content (AvgIpc) is 2.54. The van der Waals surface area contributed by atoms with Gasteiger partial charge in [0.1, 0.15) is 5.60 Å². The molecule has 1 unspecified atom stereocenters. The van der Waals surface area contributed by atoms with Crippen molar-refractivity contribution in [1.82, 2.24) is 20.4 Å². The van der Waals surface area contributed by atoms with E-state index < -0.39 is 5.60 Å². The highest BCUT2D eigenvalue weighted by molar-refractivity contribution is 5.78. The van der Waals surface area contributed by atoms with E-state index in [1.165, 1.54) is 19.3 Å². The fraction of sp³-hybridized carbons (Fsp3) is 0.882. The lowest BCUT2D eigenvalue weighted by atomic mass is 10.1. The monoisotopic (exact) mass is 340 g/mol. The second kappa shape index (κ2) is 8.67. The van der Waals surface area contributed by atoms with Crippen LogP contribution < -0.4 is 10.6 Å². The van der Waals surface area contributed by atoms with Crippen molar-refractivity contribution in [3.63, 3.8) is 0 Å². The van der Waals surface area contributed by atoms with Crippen molar-refractivity contribution >= 4 is 12.0 Å². The Hall–Kier alpha value is -1.34. The van der Waals surface area contributed by atoms with Crippen molar-refractivity contribution < 1.29 is 14.3 Å². The van der Waals surface area contributed by atoms with Gasteiger partial charge in [0.15, 0.2) is 0 Å². The fourth-order valence-electron chi connectivity index (χ4n) is 3.03. The second-order valence-electron chi connectivity index (χ2n) is 7.63. The molecule has 2 N–H and O–H groups in total. The van der Waals surface area contributed by atoms with Gasteiger partial charge in [-0.1, -0.05) is 6.42 Å². The average molecular weight is 340 g/mol. The van der Waals surface area contributed by atoms with E-state index >= 15 is 0 Å². The molecular formula is C17H32N4O3. The van der Waals surface area contributed by atoms with E-state index in [1.807, 2.05) is 25.7 Å². The van der Waals surface area contributed by atoms with Crippen molar-refractivity contribution in [2.45, 2.75) is 51.7 Å². The van der Waals surface area contributed by atoms with Crippen LogP contribution in [0, 0.1) is 0 Å². The van der Waals surface area contributed by atoms with Gasteiger partial charge in [-0.2, -0.15) is 0 Å². The maximum Gasteiger partial charge on any atom is 0.410 e.